The molecule has 0 aromatic rings. The average Bonchev–Trinajstić information content (AvgIpc) is 2.33. The molecular formula is C9H16BO2P. The highest BCUT2D eigenvalue weighted by Gasteiger charge is 2.40. The second-order valence-electron chi connectivity index (χ2n) is 4.14. The lowest BCUT2D eigenvalue weighted by atomic mass is 9.80. The van der Waals surface area contributed by atoms with Crippen molar-refractivity contribution in [2.24, 2.45) is 17.8 Å². The van der Waals surface area contributed by atoms with Gasteiger partial charge in [-0.25, -0.2) is 0 Å². The monoisotopic (exact) mass is 198 g/mol. The molecule has 0 aromatic carbocycles. The smallest absolute Gasteiger partial charge is 0.155 e. The Morgan fingerprint density at radius 2 is 2.15 bits per heavy atom. The van der Waals surface area contributed by atoms with Crippen molar-refractivity contribution in [3.05, 3.63) is 0 Å². The summed E-state index contributed by atoms with van der Waals surface area (Å²) in [7, 11) is 6.00. The molecule has 1 unspecified atom stereocenters. The summed E-state index contributed by atoms with van der Waals surface area (Å²) < 4.78 is 16.2. The van der Waals surface area contributed by atoms with Gasteiger partial charge in [0, 0.05) is 18.1 Å². The van der Waals surface area contributed by atoms with Crippen LogP contribution in [0.5, 0.6) is 0 Å². The lowest BCUT2D eigenvalue weighted by Gasteiger charge is -2.21. The molecule has 2 radical (unpaired) electrons. The first kappa shape index (κ1) is 11.2. The maximum atomic E-state index is 10.6. The molecule has 4 heteroatoms. The summed E-state index contributed by atoms with van der Waals surface area (Å²) in [5, 5.41) is 0. The topological polar surface area (TPSA) is 26.3 Å². The van der Waals surface area contributed by atoms with Crippen molar-refractivity contribution in [2.45, 2.75) is 32.9 Å². The zero-order valence-corrected chi connectivity index (χ0v) is 9.33. The summed E-state index contributed by atoms with van der Waals surface area (Å²) in [5.74, 6) is 1.10. The van der Waals surface area contributed by atoms with Crippen molar-refractivity contribution in [1.29, 1.82) is 0 Å². The Morgan fingerprint density at radius 1 is 1.54 bits per heavy atom. The Bertz CT molecular complexity index is 186. The molecule has 1 aliphatic rings. The van der Waals surface area contributed by atoms with E-state index < -0.39 is 0 Å². The normalized spacial score (nSPS) is 40.3. The number of hydrogen-bond acceptors (Lipinski definition) is 2. The van der Waals surface area contributed by atoms with Crippen LogP contribution < -0.4 is 0 Å². The molecular weight excluding hydrogens is 182 g/mol. The first-order valence-electron chi connectivity index (χ1n) is 4.78. The van der Waals surface area contributed by atoms with Crippen LogP contribution in [0.2, 0.25) is 0 Å². The van der Waals surface area contributed by atoms with Crippen molar-refractivity contribution in [3.63, 3.8) is 0 Å². The van der Waals surface area contributed by atoms with Gasteiger partial charge in [-0.05, 0) is 11.8 Å². The first-order valence-corrected chi connectivity index (χ1v) is 5.77. The van der Waals surface area contributed by atoms with Crippen LogP contribution in [0.15, 0.2) is 0 Å². The third kappa shape index (κ3) is 2.32. The fourth-order valence-electron chi connectivity index (χ4n) is 1.96. The zero-order chi connectivity index (χ0) is 10.0. The van der Waals surface area contributed by atoms with E-state index in [9.17, 15) is 4.57 Å². The van der Waals surface area contributed by atoms with Crippen LogP contribution >= 0.6 is 8.46 Å². The highest BCUT2D eigenvalue weighted by atomic mass is 31.1. The van der Waals surface area contributed by atoms with Crippen molar-refractivity contribution in [2.75, 3.05) is 6.16 Å². The fourth-order valence-corrected chi connectivity index (χ4v) is 2.67. The number of ether oxygens (including phenoxy) is 1. The third-order valence-corrected chi connectivity index (χ3v) is 3.44. The van der Waals surface area contributed by atoms with Crippen LogP contribution in [-0.2, 0) is 9.30 Å². The Balaban J connectivity index is 2.68. The van der Waals surface area contributed by atoms with Gasteiger partial charge >= 0.3 is 0 Å². The molecule has 0 aliphatic carbocycles. The summed E-state index contributed by atoms with van der Waals surface area (Å²) in [6.45, 7) is 6.30. The molecule has 1 fully saturated rings. The molecule has 1 aliphatic heterocycles. The average molecular weight is 198 g/mol. The van der Waals surface area contributed by atoms with Gasteiger partial charge in [-0.1, -0.05) is 20.8 Å². The molecule has 2 nitrogen and oxygen atoms in total. The van der Waals surface area contributed by atoms with Crippen molar-refractivity contribution < 1.29 is 9.30 Å². The largest absolute Gasteiger partial charge is 0.384 e. The molecule has 0 bridgehead atoms. The van der Waals surface area contributed by atoms with Crippen molar-refractivity contribution in [3.8, 4) is 0 Å². The lowest BCUT2D eigenvalue weighted by molar-refractivity contribution is 0.0406. The van der Waals surface area contributed by atoms with Gasteiger partial charge in [0.1, 0.15) is 7.85 Å². The lowest BCUT2D eigenvalue weighted by Crippen LogP contribution is -2.25. The minimum atomic E-state index is -0.181. The van der Waals surface area contributed by atoms with Gasteiger partial charge in [-0.15, -0.1) is 0 Å². The van der Waals surface area contributed by atoms with E-state index in [1.165, 1.54) is 0 Å². The van der Waals surface area contributed by atoms with Crippen LogP contribution in [0, 0.1) is 17.8 Å². The summed E-state index contributed by atoms with van der Waals surface area (Å²) in [4.78, 5) is 0. The second kappa shape index (κ2) is 4.57. The molecule has 1 heterocycles. The van der Waals surface area contributed by atoms with E-state index in [4.69, 9.17) is 12.6 Å². The molecule has 13 heavy (non-hydrogen) atoms. The van der Waals surface area contributed by atoms with Crippen LogP contribution in [0.3, 0.4) is 0 Å². The standard InChI is InChI=1S/C9H16BO2P/c1-5(2)8-7(4-13-11)6(3)9(10)12-8/h5-9H,4H2,1-3H3/t6?,7-,8-,9-/m1/s1. The van der Waals surface area contributed by atoms with Gasteiger partial charge in [0.25, 0.3) is 0 Å². The Kier molecular flexibility index (Phi) is 3.94. The van der Waals surface area contributed by atoms with Crippen molar-refractivity contribution >= 4 is 16.3 Å². The fraction of sp³-hybridized carbons (Fsp3) is 1.00. The van der Waals surface area contributed by atoms with Gasteiger partial charge in [-0.3, -0.25) is 4.57 Å². The molecule has 0 spiro atoms. The minimum Gasteiger partial charge on any atom is -0.384 e. The highest BCUT2D eigenvalue weighted by Crippen LogP contribution is 2.36. The summed E-state index contributed by atoms with van der Waals surface area (Å²) in [5.41, 5.74) is 0. The number of rotatable bonds is 3. The van der Waals surface area contributed by atoms with E-state index in [0.29, 0.717) is 23.9 Å². The minimum absolute atomic E-state index is 0.173. The molecule has 4 atom stereocenters. The predicted molar refractivity (Wildman–Crippen MR) is 54.4 cm³/mol. The van der Waals surface area contributed by atoms with Crippen LogP contribution in [0.4, 0.5) is 0 Å². The van der Waals surface area contributed by atoms with Gasteiger partial charge in [0.2, 0.25) is 0 Å². The first-order chi connectivity index (χ1) is 6.07. The molecule has 1 saturated heterocycles. The van der Waals surface area contributed by atoms with Gasteiger partial charge in [-0.2, -0.15) is 0 Å². The van der Waals surface area contributed by atoms with Crippen molar-refractivity contribution in [1.82, 2.24) is 0 Å². The highest BCUT2D eigenvalue weighted by molar-refractivity contribution is 7.23. The van der Waals surface area contributed by atoms with Crippen LogP contribution in [-0.4, -0.2) is 26.1 Å². The molecule has 1 rings (SSSR count). The maximum Gasteiger partial charge on any atom is 0.155 e. The van der Waals surface area contributed by atoms with E-state index in [2.05, 4.69) is 20.8 Å². The van der Waals surface area contributed by atoms with Crippen LogP contribution in [0.1, 0.15) is 20.8 Å². The summed E-state index contributed by atoms with van der Waals surface area (Å²) >= 11 is 0. The molecule has 0 aromatic heterocycles. The molecule has 0 amide bonds. The molecule has 72 valence electrons. The molecule has 0 N–H and O–H groups in total. The van der Waals surface area contributed by atoms with E-state index in [1.54, 1.807) is 0 Å². The van der Waals surface area contributed by atoms with Gasteiger partial charge in [0.05, 0.1) is 6.10 Å². The molecule has 0 saturated carbocycles. The number of hydrogen-bond donors (Lipinski definition) is 0. The maximum absolute atomic E-state index is 10.6. The Morgan fingerprint density at radius 3 is 2.62 bits per heavy atom. The second-order valence-corrected chi connectivity index (χ2v) is 4.77. The van der Waals surface area contributed by atoms with E-state index >= 15 is 0 Å². The zero-order valence-electron chi connectivity index (χ0n) is 8.43. The van der Waals surface area contributed by atoms with E-state index in [1.807, 2.05) is 0 Å². The SMILES string of the molecule is [B][C@@H]1O[C@H](C(C)C)[C@H](CP=O)C1C. The van der Waals surface area contributed by atoms with Crippen LogP contribution in [0.25, 0.3) is 0 Å². The summed E-state index contributed by atoms with van der Waals surface area (Å²) in [6, 6.07) is -0.181. The Hall–Kier alpha value is 0.125. The third-order valence-electron chi connectivity index (χ3n) is 2.87. The summed E-state index contributed by atoms with van der Waals surface area (Å²) in [6.07, 6.45) is 0.837. The quantitative estimate of drug-likeness (QED) is 0.512. The van der Waals surface area contributed by atoms with E-state index in [0.717, 1.165) is 0 Å². The van der Waals surface area contributed by atoms with E-state index in [-0.39, 0.29) is 20.6 Å². The van der Waals surface area contributed by atoms with Gasteiger partial charge in [0.15, 0.2) is 8.46 Å². The van der Waals surface area contributed by atoms with Gasteiger partial charge < -0.3 is 4.74 Å². The Labute approximate surface area is 83.0 Å². The predicted octanol–water partition coefficient (Wildman–Crippen LogP) is 2.08.